The zero-order valence-corrected chi connectivity index (χ0v) is 24.0. The number of allylic oxidation sites excluding steroid dienone is 1. The van der Waals surface area contributed by atoms with Gasteiger partial charge >= 0.3 is 0 Å². The molecule has 2 atom stereocenters. The smallest absolute Gasteiger partial charge is 0.252 e. The zero-order chi connectivity index (χ0) is 28.8. The summed E-state index contributed by atoms with van der Waals surface area (Å²) in [5, 5.41) is 19.4. The van der Waals surface area contributed by atoms with Crippen molar-refractivity contribution in [2.75, 3.05) is 36.6 Å². The van der Waals surface area contributed by atoms with E-state index in [1.54, 1.807) is 43.2 Å². The van der Waals surface area contributed by atoms with Crippen LogP contribution in [0.4, 0.5) is 20.2 Å². The molecule has 214 valence electrons. The minimum absolute atomic E-state index is 0.0571. The standard InChI is InChI=1S/C30H43F2N5O2/c1-6-8-9-28(38)37(27(7-2)34-15-14-29(3,4)39)19-23-12-13-30(31,32)24(16-23)20-36-21-35(5)25-11-10-22(18-33)17-26(25)36/h7,10-11,15,17,23-24,39H,6,8-9,12-14,16,19-21H2,1-5H3/b27-7+,34-15-. The topological polar surface area (TPSA) is 83.2 Å². The van der Waals surface area contributed by atoms with Crippen molar-refractivity contribution < 1.29 is 18.7 Å². The third kappa shape index (κ3) is 8.01. The summed E-state index contributed by atoms with van der Waals surface area (Å²) in [5.41, 5.74) is 1.33. The zero-order valence-electron chi connectivity index (χ0n) is 24.0. The van der Waals surface area contributed by atoms with E-state index in [0.717, 1.165) is 24.2 Å². The van der Waals surface area contributed by atoms with Crippen molar-refractivity contribution >= 4 is 23.5 Å². The van der Waals surface area contributed by atoms with Gasteiger partial charge in [0, 0.05) is 51.5 Å². The Kier molecular flexibility index (Phi) is 10.1. The van der Waals surface area contributed by atoms with E-state index in [4.69, 9.17) is 0 Å². The maximum atomic E-state index is 15.2. The summed E-state index contributed by atoms with van der Waals surface area (Å²) in [5.74, 6) is -3.34. The molecular weight excluding hydrogens is 500 g/mol. The summed E-state index contributed by atoms with van der Waals surface area (Å²) in [4.78, 5) is 23.3. The number of alkyl halides is 2. The molecule has 0 saturated heterocycles. The summed E-state index contributed by atoms with van der Waals surface area (Å²) >= 11 is 0. The molecular formula is C30H43F2N5O2. The van der Waals surface area contributed by atoms with Crippen LogP contribution in [0.2, 0.25) is 0 Å². The Balaban J connectivity index is 1.78. The predicted octanol–water partition coefficient (Wildman–Crippen LogP) is 5.94. The number of aliphatic imine (C=N–C) groups is 1. The van der Waals surface area contributed by atoms with Gasteiger partial charge in [-0.05, 0) is 70.2 Å². The lowest BCUT2D eigenvalue weighted by Gasteiger charge is -2.40. The van der Waals surface area contributed by atoms with Gasteiger partial charge in [0.25, 0.3) is 5.92 Å². The monoisotopic (exact) mass is 543 g/mol. The van der Waals surface area contributed by atoms with Crippen molar-refractivity contribution in [3.63, 3.8) is 0 Å². The number of halogens is 2. The molecule has 3 rings (SSSR count). The number of hydrogen-bond donors (Lipinski definition) is 1. The van der Waals surface area contributed by atoms with Crippen LogP contribution in [0.15, 0.2) is 35.1 Å². The molecule has 2 unspecified atom stereocenters. The van der Waals surface area contributed by atoms with Gasteiger partial charge in [-0.1, -0.05) is 13.3 Å². The van der Waals surface area contributed by atoms with E-state index in [9.17, 15) is 15.2 Å². The number of nitriles is 1. The SMILES string of the molecule is C/C=C(\N=C/CC(C)(C)O)N(CC1CCC(F)(F)C(CN2CN(C)c3ccc(C#N)cc32)C1)C(=O)CCCC. The number of rotatable bonds is 11. The lowest BCUT2D eigenvalue weighted by molar-refractivity contribution is -0.131. The summed E-state index contributed by atoms with van der Waals surface area (Å²) in [7, 11) is 1.92. The highest BCUT2D eigenvalue weighted by atomic mass is 19.3. The fourth-order valence-electron chi connectivity index (χ4n) is 5.37. The quantitative estimate of drug-likeness (QED) is 0.350. The van der Waals surface area contributed by atoms with Crippen LogP contribution in [-0.4, -0.2) is 60.5 Å². The molecule has 0 aromatic heterocycles. The van der Waals surface area contributed by atoms with Crippen LogP contribution in [0.5, 0.6) is 0 Å². The van der Waals surface area contributed by atoms with E-state index >= 15 is 8.78 Å². The Morgan fingerprint density at radius 2 is 2.10 bits per heavy atom. The Morgan fingerprint density at radius 1 is 1.36 bits per heavy atom. The largest absolute Gasteiger partial charge is 0.390 e. The highest BCUT2D eigenvalue weighted by molar-refractivity contribution is 5.79. The van der Waals surface area contributed by atoms with Crippen molar-refractivity contribution in [3.05, 3.63) is 35.7 Å². The van der Waals surface area contributed by atoms with Crippen LogP contribution < -0.4 is 9.80 Å². The molecule has 1 N–H and O–H groups in total. The normalized spacial score (nSPS) is 21.3. The number of fused-ring (bicyclic) bond motifs is 1. The van der Waals surface area contributed by atoms with Gasteiger partial charge in [0.1, 0.15) is 5.82 Å². The van der Waals surface area contributed by atoms with Crippen molar-refractivity contribution in [3.8, 4) is 6.07 Å². The molecule has 1 aromatic carbocycles. The van der Waals surface area contributed by atoms with Gasteiger partial charge in [-0.3, -0.25) is 9.69 Å². The molecule has 1 amide bonds. The maximum Gasteiger partial charge on any atom is 0.252 e. The van der Waals surface area contributed by atoms with Gasteiger partial charge in [-0.25, -0.2) is 13.8 Å². The predicted molar refractivity (Wildman–Crippen MR) is 152 cm³/mol. The van der Waals surface area contributed by atoms with E-state index in [0.29, 0.717) is 50.3 Å². The van der Waals surface area contributed by atoms with Gasteiger partial charge in [-0.15, -0.1) is 0 Å². The molecule has 0 bridgehead atoms. The first-order valence-corrected chi connectivity index (χ1v) is 14.0. The third-order valence-corrected chi connectivity index (χ3v) is 7.62. The highest BCUT2D eigenvalue weighted by Gasteiger charge is 2.46. The Bertz CT molecular complexity index is 1110. The van der Waals surface area contributed by atoms with Gasteiger partial charge in [0.05, 0.1) is 35.3 Å². The average molecular weight is 544 g/mol. The molecule has 2 aliphatic rings. The van der Waals surface area contributed by atoms with Crippen LogP contribution in [0.3, 0.4) is 0 Å². The molecule has 9 heteroatoms. The summed E-state index contributed by atoms with van der Waals surface area (Å²) in [6.07, 6.45) is 6.12. The van der Waals surface area contributed by atoms with Crippen LogP contribution in [0.25, 0.3) is 0 Å². The number of carbonyl (C=O) groups is 1. The maximum absolute atomic E-state index is 15.2. The lowest BCUT2D eigenvalue weighted by atomic mass is 9.78. The fraction of sp³-hybridized carbons (Fsp3) is 0.633. The van der Waals surface area contributed by atoms with Gasteiger partial charge in [-0.2, -0.15) is 5.26 Å². The van der Waals surface area contributed by atoms with E-state index in [1.165, 1.54) is 0 Å². The molecule has 1 aliphatic carbocycles. The van der Waals surface area contributed by atoms with Gasteiger partial charge < -0.3 is 14.9 Å². The van der Waals surface area contributed by atoms with Crippen molar-refractivity contribution in [2.24, 2.45) is 16.8 Å². The molecule has 1 saturated carbocycles. The van der Waals surface area contributed by atoms with Crippen molar-refractivity contribution in [2.45, 2.75) is 84.2 Å². The second-order valence-electron chi connectivity index (χ2n) is 11.6. The number of benzene rings is 1. The second kappa shape index (κ2) is 12.9. The minimum atomic E-state index is -2.81. The third-order valence-electron chi connectivity index (χ3n) is 7.62. The number of aliphatic hydroxyl groups is 1. The number of carbonyl (C=O) groups excluding carboxylic acids is 1. The number of amides is 1. The van der Waals surface area contributed by atoms with E-state index < -0.39 is 17.4 Å². The van der Waals surface area contributed by atoms with E-state index in [-0.39, 0.29) is 24.8 Å². The molecule has 0 radical (unpaired) electrons. The Labute approximate surface area is 231 Å². The molecule has 1 aliphatic heterocycles. The fourth-order valence-corrected chi connectivity index (χ4v) is 5.37. The number of nitrogens with zero attached hydrogens (tertiary/aromatic N) is 5. The second-order valence-corrected chi connectivity index (χ2v) is 11.6. The van der Waals surface area contributed by atoms with Crippen molar-refractivity contribution in [1.29, 1.82) is 5.26 Å². The first-order valence-electron chi connectivity index (χ1n) is 14.0. The van der Waals surface area contributed by atoms with Crippen LogP contribution in [0.1, 0.15) is 78.2 Å². The Morgan fingerprint density at radius 3 is 2.74 bits per heavy atom. The first-order chi connectivity index (χ1) is 18.4. The van der Waals surface area contributed by atoms with Crippen LogP contribution >= 0.6 is 0 Å². The number of anilines is 2. The lowest BCUT2D eigenvalue weighted by Crippen LogP contribution is -2.46. The number of hydrogen-bond acceptors (Lipinski definition) is 6. The summed E-state index contributed by atoms with van der Waals surface area (Å²) in [6.45, 7) is 8.23. The molecule has 39 heavy (non-hydrogen) atoms. The molecule has 1 aromatic rings. The number of unbranched alkanes of at least 4 members (excludes halogenated alkanes) is 1. The molecule has 0 spiro atoms. The Hall–Kier alpha value is -2.99. The molecule has 7 nitrogen and oxygen atoms in total. The molecule has 1 fully saturated rings. The van der Waals surface area contributed by atoms with E-state index in [1.807, 2.05) is 36.8 Å². The summed E-state index contributed by atoms with van der Waals surface area (Å²) in [6, 6.07) is 7.53. The van der Waals surface area contributed by atoms with Crippen LogP contribution in [-0.2, 0) is 4.79 Å². The van der Waals surface area contributed by atoms with E-state index in [2.05, 4.69) is 11.1 Å². The minimum Gasteiger partial charge on any atom is -0.390 e. The average Bonchev–Trinajstić information content (AvgIpc) is 3.19. The van der Waals surface area contributed by atoms with Gasteiger partial charge in [0.15, 0.2) is 0 Å². The van der Waals surface area contributed by atoms with Crippen LogP contribution in [0, 0.1) is 23.2 Å². The molecule has 1 heterocycles. The van der Waals surface area contributed by atoms with Crippen molar-refractivity contribution in [1.82, 2.24) is 4.90 Å². The highest BCUT2D eigenvalue weighted by Crippen LogP contribution is 2.44. The first kappa shape index (κ1) is 30.6. The van der Waals surface area contributed by atoms with Gasteiger partial charge in [0.2, 0.25) is 5.91 Å². The summed E-state index contributed by atoms with van der Waals surface area (Å²) < 4.78 is 30.5.